The number of fused-ring (bicyclic) bond motifs is 4. The van der Waals surface area contributed by atoms with E-state index in [4.69, 9.17) is 37.8 Å². The van der Waals surface area contributed by atoms with Crippen LogP contribution in [0, 0.1) is 27.7 Å². The lowest BCUT2D eigenvalue weighted by Crippen LogP contribution is -2.47. The first-order chi connectivity index (χ1) is 27.0. The van der Waals surface area contributed by atoms with E-state index in [0.29, 0.717) is 44.1 Å². The van der Waals surface area contributed by atoms with Crippen molar-refractivity contribution in [2.45, 2.75) is 65.5 Å². The number of nitrogens with zero attached hydrogens (tertiary/aromatic N) is 7. The molecule has 0 saturated carbocycles. The van der Waals surface area contributed by atoms with Crippen LogP contribution in [0.2, 0.25) is 5.02 Å². The van der Waals surface area contributed by atoms with Crippen LogP contribution in [0.5, 0.6) is 5.75 Å². The molecule has 0 radical (unpaired) electrons. The highest BCUT2D eigenvalue weighted by atomic mass is 35.5. The number of aromatic nitrogens is 6. The minimum atomic E-state index is -0.708. The van der Waals surface area contributed by atoms with Gasteiger partial charge in [0.15, 0.2) is 5.82 Å². The fraction of sp³-hybridized carbons (Fsp3) is 0.318. The topological polar surface area (TPSA) is 92.2 Å². The molecule has 5 heterocycles. The Bertz CT molecular complexity index is 2600. The van der Waals surface area contributed by atoms with Crippen molar-refractivity contribution in [2.75, 3.05) is 25.2 Å². The van der Waals surface area contributed by atoms with Gasteiger partial charge in [-0.3, -0.25) is 14.4 Å². The highest BCUT2D eigenvalue weighted by molar-refractivity contribution is 6.32. The number of carbonyl (C=O) groups excluding carboxylic acids is 1. The van der Waals surface area contributed by atoms with Crippen molar-refractivity contribution >= 4 is 56.6 Å². The summed E-state index contributed by atoms with van der Waals surface area (Å²) in [5, 5.41) is 7.42. The average Bonchev–Trinajstić information content (AvgIpc) is 3.81. The van der Waals surface area contributed by atoms with E-state index in [1.165, 1.54) is 0 Å². The van der Waals surface area contributed by atoms with Crippen LogP contribution in [0.4, 0.5) is 5.69 Å². The number of amides is 1. The van der Waals surface area contributed by atoms with Gasteiger partial charge in [0.1, 0.15) is 16.9 Å². The minimum Gasteiger partial charge on any atom is -0.494 e. The van der Waals surface area contributed by atoms with Crippen LogP contribution in [0.3, 0.4) is 0 Å². The molecule has 0 spiro atoms. The number of rotatable bonds is 11. The molecule has 2 atom stereocenters. The number of anilines is 1. The lowest BCUT2D eigenvalue weighted by molar-refractivity contribution is 0.0951. The zero-order valence-electron chi connectivity index (χ0n) is 32.7. The lowest BCUT2D eigenvalue weighted by atomic mass is 9.98. The molecule has 10 nitrogen and oxygen atoms in total. The van der Waals surface area contributed by atoms with Crippen LogP contribution in [-0.4, -0.2) is 60.6 Å². The van der Waals surface area contributed by atoms with Crippen molar-refractivity contribution < 1.29 is 14.3 Å². The van der Waals surface area contributed by atoms with Crippen molar-refractivity contribution in [2.24, 2.45) is 7.05 Å². The summed E-state index contributed by atoms with van der Waals surface area (Å²) in [6.45, 7) is 11.8. The average molecular weight is 791 g/mol. The van der Waals surface area contributed by atoms with E-state index in [9.17, 15) is 0 Å². The predicted octanol–water partition coefficient (Wildman–Crippen LogP) is 9.78. The first-order valence-electron chi connectivity index (χ1n) is 18.9. The van der Waals surface area contributed by atoms with Gasteiger partial charge in [0.05, 0.1) is 41.7 Å². The number of aryl methyl sites for hydroxylation is 5. The van der Waals surface area contributed by atoms with Crippen molar-refractivity contribution in [3.05, 3.63) is 112 Å². The number of hydrogen-bond donors (Lipinski definition) is 0. The highest BCUT2D eigenvalue weighted by Crippen LogP contribution is 2.46. The Morgan fingerprint density at radius 3 is 2.38 bits per heavy atom. The van der Waals surface area contributed by atoms with Crippen molar-refractivity contribution in [3.63, 3.8) is 0 Å². The molecule has 0 N–H and O–H groups in total. The van der Waals surface area contributed by atoms with Gasteiger partial charge >= 0.3 is 0 Å². The lowest BCUT2D eigenvalue weighted by Gasteiger charge is -2.38. The Balaban J connectivity index is 1.28. The van der Waals surface area contributed by atoms with Crippen LogP contribution < -0.4 is 9.64 Å². The first kappa shape index (κ1) is 37.7. The van der Waals surface area contributed by atoms with Gasteiger partial charge in [-0.25, -0.2) is 9.97 Å². The number of hydrogen-bond acceptors (Lipinski definition) is 6. The van der Waals surface area contributed by atoms with E-state index in [0.717, 1.165) is 83.0 Å². The SMILES string of the molecule is COCCn1cc(N2C(=O)c3c(CCCOc4cc(C)c(Cl)c(C)c4)c4cccc(-c5c(C)nn(C)c5C)c4n3C(C)[C@H]2Cl)c2cc(-c3ncccn3)ccc21. The Kier molecular flexibility index (Phi) is 10.2. The number of carbonyl (C=O) groups is 1. The summed E-state index contributed by atoms with van der Waals surface area (Å²) in [5.74, 6) is 1.23. The third-order valence-corrected chi connectivity index (χ3v) is 12.3. The predicted molar refractivity (Wildman–Crippen MR) is 224 cm³/mol. The van der Waals surface area contributed by atoms with Crippen LogP contribution in [0.15, 0.2) is 73.2 Å². The second kappa shape index (κ2) is 15.1. The normalized spacial score (nSPS) is 15.7. The van der Waals surface area contributed by atoms with E-state index in [1.807, 2.05) is 56.9 Å². The third kappa shape index (κ3) is 6.33. The zero-order chi connectivity index (χ0) is 39.4. The molecular weight excluding hydrogens is 745 g/mol. The zero-order valence-corrected chi connectivity index (χ0v) is 34.2. The van der Waals surface area contributed by atoms with Crippen LogP contribution in [-0.2, 0) is 24.8 Å². The van der Waals surface area contributed by atoms with E-state index in [1.54, 1.807) is 30.5 Å². The van der Waals surface area contributed by atoms with Gasteiger partial charge in [-0.15, -0.1) is 0 Å². The van der Waals surface area contributed by atoms with Gasteiger partial charge in [0, 0.05) is 77.5 Å². The standard InChI is InChI=1S/C44H45Cl2N7O3/c1-25-21-31(22-26(2)39(25)45)56-19-9-13-33-32-11-8-12-34(38-27(3)49-50(6)28(38)4)40(32)52-29(5)42(46)53(44(54)41(33)52)37-24-51(18-20-55-7)36-15-14-30(23-35(36)37)43-47-16-10-17-48-43/h8,10-12,14-17,21-24,29,42H,9,13,18-20H2,1-7H3/t29?,42-/m0/s1. The van der Waals surface area contributed by atoms with Gasteiger partial charge < -0.3 is 18.6 Å². The van der Waals surface area contributed by atoms with Gasteiger partial charge in [-0.05, 0) is 101 Å². The number of benzene rings is 3. The fourth-order valence-corrected chi connectivity index (χ4v) is 8.77. The summed E-state index contributed by atoms with van der Waals surface area (Å²) in [6, 6.07) is 17.9. The first-order valence-corrected chi connectivity index (χ1v) is 19.7. The molecule has 0 fully saturated rings. The monoisotopic (exact) mass is 789 g/mol. The summed E-state index contributed by atoms with van der Waals surface area (Å²) >= 11 is 14.0. The van der Waals surface area contributed by atoms with Gasteiger partial charge in [0.2, 0.25) is 0 Å². The molecule has 1 aliphatic rings. The van der Waals surface area contributed by atoms with Gasteiger partial charge in [-0.2, -0.15) is 5.10 Å². The summed E-state index contributed by atoms with van der Waals surface area (Å²) in [4.78, 5) is 26.2. The maximum Gasteiger partial charge on any atom is 0.276 e. The largest absolute Gasteiger partial charge is 0.494 e. The summed E-state index contributed by atoms with van der Waals surface area (Å²) in [6.07, 6.45) is 6.78. The molecule has 56 heavy (non-hydrogen) atoms. The molecule has 7 aromatic rings. The van der Waals surface area contributed by atoms with Gasteiger partial charge in [0.25, 0.3) is 5.91 Å². The number of alkyl halides is 1. The second-order valence-corrected chi connectivity index (χ2v) is 15.5. The molecule has 288 valence electrons. The molecule has 1 amide bonds. The molecule has 0 bridgehead atoms. The molecule has 3 aromatic carbocycles. The number of halogens is 2. The van der Waals surface area contributed by atoms with Crippen molar-refractivity contribution in [1.82, 2.24) is 28.9 Å². The van der Waals surface area contributed by atoms with E-state index in [-0.39, 0.29) is 11.9 Å². The van der Waals surface area contributed by atoms with Crippen LogP contribution in [0.25, 0.3) is 44.3 Å². The van der Waals surface area contributed by atoms with Crippen LogP contribution in [0.1, 0.15) is 58.0 Å². The molecule has 1 unspecified atom stereocenters. The van der Waals surface area contributed by atoms with Crippen LogP contribution >= 0.6 is 23.2 Å². The molecule has 12 heteroatoms. The van der Waals surface area contributed by atoms with Crippen molar-refractivity contribution in [1.29, 1.82) is 0 Å². The highest BCUT2D eigenvalue weighted by Gasteiger charge is 2.42. The summed E-state index contributed by atoms with van der Waals surface area (Å²) in [5.41, 5.74) is 10.4. The Labute approximate surface area is 336 Å². The quantitative estimate of drug-likeness (QED) is 0.0737. The maximum atomic E-state index is 15.4. The second-order valence-electron chi connectivity index (χ2n) is 14.7. The minimum absolute atomic E-state index is 0.156. The number of ether oxygens (including phenoxy) is 2. The van der Waals surface area contributed by atoms with E-state index < -0.39 is 5.50 Å². The molecule has 0 aliphatic carbocycles. The third-order valence-electron chi connectivity index (χ3n) is 11.1. The Hall–Kier alpha value is -5.16. The number of para-hydroxylation sites is 1. The number of methoxy groups -OCH3 is 1. The summed E-state index contributed by atoms with van der Waals surface area (Å²) in [7, 11) is 3.65. The molecule has 0 saturated heterocycles. The molecular formula is C44H45Cl2N7O3. The van der Waals surface area contributed by atoms with E-state index in [2.05, 4.69) is 63.3 Å². The van der Waals surface area contributed by atoms with E-state index >= 15 is 4.79 Å². The smallest absolute Gasteiger partial charge is 0.276 e. The molecule has 8 rings (SSSR count). The van der Waals surface area contributed by atoms with Crippen molar-refractivity contribution in [3.8, 4) is 28.3 Å². The molecule has 1 aliphatic heterocycles. The maximum absolute atomic E-state index is 15.4. The van der Waals surface area contributed by atoms with Gasteiger partial charge in [-0.1, -0.05) is 41.4 Å². The molecule has 4 aromatic heterocycles. The summed E-state index contributed by atoms with van der Waals surface area (Å²) < 4.78 is 18.0. The Morgan fingerprint density at radius 2 is 1.68 bits per heavy atom. The Morgan fingerprint density at radius 1 is 0.929 bits per heavy atom. The fourth-order valence-electron chi connectivity index (χ4n) is 8.36.